The summed E-state index contributed by atoms with van der Waals surface area (Å²) in [7, 11) is 1.62. The minimum absolute atomic E-state index is 0.0177. The van der Waals surface area contributed by atoms with E-state index in [1.807, 2.05) is 62.4 Å². The molecule has 25 heavy (non-hydrogen) atoms. The van der Waals surface area contributed by atoms with E-state index >= 15 is 0 Å². The van der Waals surface area contributed by atoms with E-state index in [1.165, 1.54) is 0 Å². The van der Waals surface area contributed by atoms with Gasteiger partial charge in [-0.3, -0.25) is 0 Å². The molecule has 1 atom stereocenters. The van der Waals surface area contributed by atoms with Crippen LogP contribution in [0.5, 0.6) is 17.2 Å². The van der Waals surface area contributed by atoms with E-state index in [0.29, 0.717) is 29.8 Å². The van der Waals surface area contributed by atoms with Crippen molar-refractivity contribution < 1.29 is 14.2 Å². The van der Waals surface area contributed by atoms with Gasteiger partial charge in [0.1, 0.15) is 12.4 Å². The van der Waals surface area contributed by atoms with E-state index < -0.39 is 0 Å². The summed E-state index contributed by atoms with van der Waals surface area (Å²) in [5.74, 6) is 2.19. The van der Waals surface area contributed by atoms with Gasteiger partial charge in [0.2, 0.25) is 0 Å². The molecule has 0 aliphatic rings. The Bertz CT molecular complexity index is 694. The summed E-state index contributed by atoms with van der Waals surface area (Å²) >= 11 is 5.38. The molecule has 0 saturated heterocycles. The number of methoxy groups -OCH3 is 1. The predicted molar refractivity (Wildman–Crippen MR) is 105 cm³/mol. The molecule has 0 bridgehead atoms. The lowest BCUT2D eigenvalue weighted by Gasteiger charge is -2.19. The second-order valence-electron chi connectivity index (χ2n) is 5.39. The van der Waals surface area contributed by atoms with Crippen LogP contribution in [0.25, 0.3) is 0 Å². The maximum atomic E-state index is 5.80. The van der Waals surface area contributed by atoms with Crippen molar-refractivity contribution in [1.29, 1.82) is 0 Å². The van der Waals surface area contributed by atoms with Crippen molar-refractivity contribution in [3.05, 3.63) is 48.5 Å². The van der Waals surface area contributed by atoms with Gasteiger partial charge in [-0.05, 0) is 50.3 Å². The summed E-state index contributed by atoms with van der Waals surface area (Å²) in [6.07, 6.45) is 0. The number of rotatable bonds is 8. The molecule has 0 unspecified atom stereocenters. The van der Waals surface area contributed by atoms with Gasteiger partial charge in [-0.1, -0.05) is 24.3 Å². The smallest absolute Gasteiger partial charge is 0.171 e. The zero-order valence-corrected chi connectivity index (χ0v) is 15.6. The van der Waals surface area contributed by atoms with Crippen LogP contribution < -0.4 is 24.8 Å². The van der Waals surface area contributed by atoms with Crippen LogP contribution in [0, 0.1) is 0 Å². The van der Waals surface area contributed by atoms with Gasteiger partial charge >= 0.3 is 0 Å². The number of para-hydroxylation sites is 4. The van der Waals surface area contributed by atoms with Crippen LogP contribution in [0.2, 0.25) is 0 Å². The van der Waals surface area contributed by atoms with E-state index in [-0.39, 0.29) is 6.04 Å². The van der Waals surface area contributed by atoms with Crippen molar-refractivity contribution in [3.8, 4) is 17.2 Å². The fraction of sp³-hybridized carbons (Fsp3) is 0.316. The molecule has 2 N–H and O–H groups in total. The lowest BCUT2D eigenvalue weighted by atomic mass is 10.3. The normalized spacial score (nSPS) is 11.3. The van der Waals surface area contributed by atoms with Crippen LogP contribution in [-0.4, -0.2) is 31.5 Å². The van der Waals surface area contributed by atoms with E-state index in [4.69, 9.17) is 26.4 Å². The molecule has 0 fully saturated rings. The number of benzene rings is 2. The molecule has 2 aromatic carbocycles. The highest BCUT2D eigenvalue weighted by Crippen LogP contribution is 2.26. The number of nitrogens with one attached hydrogen (secondary N) is 2. The van der Waals surface area contributed by atoms with E-state index in [9.17, 15) is 0 Å². The average Bonchev–Trinajstić information content (AvgIpc) is 2.62. The summed E-state index contributed by atoms with van der Waals surface area (Å²) in [6, 6.07) is 15.3. The van der Waals surface area contributed by atoms with Crippen LogP contribution in [0.4, 0.5) is 5.69 Å². The maximum absolute atomic E-state index is 5.80. The lowest BCUT2D eigenvalue weighted by Crippen LogP contribution is -2.39. The monoisotopic (exact) mass is 360 g/mol. The van der Waals surface area contributed by atoms with Gasteiger partial charge in [-0.2, -0.15) is 0 Å². The number of hydrogen-bond donors (Lipinski definition) is 2. The van der Waals surface area contributed by atoms with Crippen molar-refractivity contribution in [2.75, 3.05) is 25.6 Å². The molecule has 0 radical (unpaired) electrons. The molecule has 0 aromatic heterocycles. The third kappa shape index (κ3) is 5.83. The van der Waals surface area contributed by atoms with Crippen molar-refractivity contribution in [2.24, 2.45) is 0 Å². The summed E-state index contributed by atoms with van der Waals surface area (Å²) < 4.78 is 16.7. The molecule has 0 aliphatic heterocycles. The number of thiocarbonyl (C=S) groups is 1. The minimum Gasteiger partial charge on any atom is -0.493 e. The molecule has 2 aromatic rings. The first-order valence-electron chi connectivity index (χ1n) is 8.19. The van der Waals surface area contributed by atoms with Crippen LogP contribution >= 0.6 is 12.2 Å². The van der Waals surface area contributed by atoms with Crippen molar-refractivity contribution >= 4 is 23.0 Å². The van der Waals surface area contributed by atoms with Crippen LogP contribution in [0.1, 0.15) is 13.8 Å². The maximum Gasteiger partial charge on any atom is 0.171 e. The Kier molecular flexibility index (Phi) is 7.35. The topological polar surface area (TPSA) is 51.8 Å². The molecule has 134 valence electrons. The Morgan fingerprint density at radius 2 is 1.64 bits per heavy atom. The van der Waals surface area contributed by atoms with Gasteiger partial charge in [0, 0.05) is 0 Å². The quantitative estimate of drug-likeness (QED) is 0.698. The summed E-state index contributed by atoms with van der Waals surface area (Å²) in [5.41, 5.74) is 0.833. The van der Waals surface area contributed by atoms with Gasteiger partial charge < -0.3 is 24.8 Å². The fourth-order valence-electron chi connectivity index (χ4n) is 2.23. The van der Waals surface area contributed by atoms with Gasteiger partial charge in [-0.15, -0.1) is 0 Å². The molecular weight excluding hydrogens is 336 g/mol. The van der Waals surface area contributed by atoms with Gasteiger partial charge in [0.05, 0.1) is 25.4 Å². The first kappa shape index (κ1) is 18.9. The molecule has 0 saturated carbocycles. The second-order valence-corrected chi connectivity index (χ2v) is 5.80. The molecule has 0 amide bonds. The SMILES string of the molecule is CCOc1ccccc1NC(=S)N[C@@H](C)COc1ccccc1OC. The largest absolute Gasteiger partial charge is 0.493 e. The highest BCUT2D eigenvalue weighted by Gasteiger charge is 2.10. The molecule has 0 aliphatic carbocycles. The first-order valence-corrected chi connectivity index (χ1v) is 8.60. The highest BCUT2D eigenvalue weighted by atomic mass is 32.1. The summed E-state index contributed by atoms with van der Waals surface area (Å²) in [5, 5.41) is 6.88. The average molecular weight is 360 g/mol. The fourth-order valence-corrected chi connectivity index (χ4v) is 2.54. The second kappa shape index (κ2) is 9.74. The summed E-state index contributed by atoms with van der Waals surface area (Å²) in [4.78, 5) is 0. The molecule has 5 nitrogen and oxygen atoms in total. The molecule has 6 heteroatoms. The Hall–Kier alpha value is -2.47. The Labute approximate surface area is 154 Å². The molecular formula is C19H24N2O3S. The van der Waals surface area contributed by atoms with Crippen molar-refractivity contribution in [1.82, 2.24) is 5.32 Å². The van der Waals surface area contributed by atoms with Crippen LogP contribution in [0.15, 0.2) is 48.5 Å². The van der Waals surface area contributed by atoms with Crippen molar-refractivity contribution in [2.45, 2.75) is 19.9 Å². The molecule has 0 heterocycles. The highest BCUT2D eigenvalue weighted by molar-refractivity contribution is 7.80. The molecule has 0 spiro atoms. The van der Waals surface area contributed by atoms with Gasteiger partial charge in [-0.25, -0.2) is 0 Å². The van der Waals surface area contributed by atoms with Gasteiger partial charge in [0.25, 0.3) is 0 Å². The molecule has 2 rings (SSSR count). The van der Waals surface area contributed by atoms with E-state index in [0.717, 1.165) is 11.4 Å². The number of hydrogen-bond acceptors (Lipinski definition) is 4. The van der Waals surface area contributed by atoms with Crippen LogP contribution in [-0.2, 0) is 0 Å². The van der Waals surface area contributed by atoms with Crippen LogP contribution in [0.3, 0.4) is 0 Å². The Morgan fingerprint density at radius 3 is 2.32 bits per heavy atom. The minimum atomic E-state index is 0.0177. The summed E-state index contributed by atoms with van der Waals surface area (Å²) in [6.45, 7) is 5.00. The van der Waals surface area contributed by atoms with Gasteiger partial charge in [0.15, 0.2) is 16.6 Å². The van der Waals surface area contributed by atoms with Crippen molar-refractivity contribution in [3.63, 3.8) is 0 Å². The first-order chi connectivity index (χ1) is 12.1. The third-order valence-electron chi connectivity index (χ3n) is 3.37. The number of anilines is 1. The van der Waals surface area contributed by atoms with E-state index in [1.54, 1.807) is 7.11 Å². The zero-order valence-electron chi connectivity index (χ0n) is 14.7. The standard InChI is InChI=1S/C19H24N2O3S/c1-4-23-16-10-6-5-9-15(16)21-19(25)20-14(2)13-24-18-12-8-7-11-17(18)22-3/h5-12,14H,4,13H2,1-3H3,(H2,20,21,25)/t14-/m0/s1. The zero-order chi connectivity index (χ0) is 18.1. The predicted octanol–water partition coefficient (Wildman–Crippen LogP) is 3.85. The number of ether oxygens (including phenoxy) is 3. The Balaban J connectivity index is 1.86. The third-order valence-corrected chi connectivity index (χ3v) is 3.59. The lowest BCUT2D eigenvalue weighted by molar-refractivity contribution is 0.270. The Morgan fingerprint density at radius 1 is 1.00 bits per heavy atom. The van der Waals surface area contributed by atoms with E-state index in [2.05, 4.69) is 10.6 Å².